The number of carbonyl (C=O) groups excluding carboxylic acids is 1. The van der Waals surface area contributed by atoms with Gasteiger partial charge >= 0.3 is 0 Å². The first-order valence-corrected chi connectivity index (χ1v) is 11.1. The van der Waals surface area contributed by atoms with E-state index in [2.05, 4.69) is 64.1 Å². The highest BCUT2D eigenvalue weighted by atomic mass is 127. The third kappa shape index (κ3) is 5.40. The average molecular weight is 544 g/mol. The van der Waals surface area contributed by atoms with E-state index in [9.17, 15) is 9.18 Å². The summed E-state index contributed by atoms with van der Waals surface area (Å²) in [6.45, 7) is 7.37. The number of hydrogen-bond acceptors (Lipinski definition) is 6. The second kappa shape index (κ2) is 10.0. The Bertz CT molecular complexity index is 1130. The molecule has 1 aliphatic rings. The van der Waals surface area contributed by atoms with Crippen molar-refractivity contribution in [1.82, 2.24) is 13.1 Å². The predicted octanol–water partition coefficient (Wildman–Crippen LogP) is 4.62. The zero-order valence-electron chi connectivity index (χ0n) is 17.3. The number of nitrogens with zero attached hydrogens (tertiary/aromatic N) is 4. The van der Waals surface area contributed by atoms with Gasteiger partial charge in [0.2, 0.25) is 11.9 Å². The third-order valence-corrected chi connectivity index (χ3v) is 5.99. The minimum atomic E-state index is -0.548. The van der Waals surface area contributed by atoms with E-state index in [4.69, 9.17) is 0 Å². The second-order valence-corrected chi connectivity index (χ2v) is 8.60. The Hall–Kier alpha value is -3.05. The molecule has 1 aliphatic heterocycles. The molecule has 0 spiro atoms. The highest BCUT2D eigenvalue weighted by Gasteiger charge is 2.16. The van der Waals surface area contributed by atoms with Crippen molar-refractivity contribution in [3.8, 4) is 11.3 Å². The Morgan fingerprint density at radius 1 is 1.09 bits per heavy atom. The van der Waals surface area contributed by atoms with Crippen molar-refractivity contribution >= 4 is 51.8 Å². The van der Waals surface area contributed by atoms with Crippen molar-refractivity contribution in [2.24, 2.45) is 0 Å². The lowest BCUT2D eigenvalue weighted by Crippen LogP contribution is -2.42. The van der Waals surface area contributed by atoms with Gasteiger partial charge < -0.3 is 15.5 Å². The Morgan fingerprint density at radius 3 is 2.62 bits per heavy atom. The zero-order valence-corrected chi connectivity index (χ0v) is 19.4. The van der Waals surface area contributed by atoms with Crippen molar-refractivity contribution in [2.45, 2.75) is 0 Å². The van der Waals surface area contributed by atoms with Crippen molar-refractivity contribution in [1.29, 1.82) is 0 Å². The Labute approximate surface area is 199 Å². The van der Waals surface area contributed by atoms with Crippen LogP contribution in [0.5, 0.6) is 0 Å². The summed E-state index contributed by atoms with van der Waals surface area (Å²) in [7, 11) is 0. The van der Waals surface area contributed by atoms with E-state index in [1.807, 2.05) is 18.2 Å². The third-order valence-electron chi connectivity index (χ3n) is 5.03. The van der Waals surface area contributed by atoms with Gasteiger partial charge in [-0.1, -0.05) is 24.8 Å². The van der Waals surface area contributed by atoms with Gasteiger partial charge in [-0.05, 0) is 36.4 Å². The van der Waals surface area contributed by atoms with Crippen molar-refractivity contribution in [2.75, 3.05) is 41.7 Å². The Kier molecular flexibility index (Phi) is 6.96. The molecule has 0 saturated carbocycles. The summed E-state index contributed by atoms with van der Waals surface area (Å²) in [5.41, 5.74) is 3.14. The Morgan fingerprint density at radius 2 is 1.84 bits per heavy atom. The van der Waals surface area contributed by atoms with Crippen molar-refractivity contribution < 1.29 is 9.18 Å². The van der Waals surface area contributed by atoms with Crippen molar-refractivity contribution in [3.05, 3.63) is 73.2 Å². The molecule has 7 nitrogen and oxygen atoms in total. The normalized spacial score (nSPS) is 14.1. The van der Waals surface area contributed by atoms with Gasteiger partial charge in [0.15, 0.2) is 5.82 Å². The smallest absolute Gasteiger partial charge is 0.247 e. The van der Waals surface area contributed by atoms with Crippen LogP contribution >= 0.6 is 22.9 Å². The molecule has 0 unspecified atom stereocenters. The number of nitrogens with one attached hydrogen (secondary N) is 2. The molecule has 0 radical (unpaired) electrons. The monoisotopic (exact) mass is 544 g/mol. The lowest BCUT2D eigenvalue weighted by Gasteiger charge is -2.33. The summed E-state index contributed by atoms with van der Waals surface area (Å²) in [4.78, 5) is 22.4. The van der Waals surface area contributed by atoms with Gasteiger partial charge in [0, 0.05) is 71.7 Å². The molecule has 164 valence electrons. The number of benzene rings is 2. The molecule has 3 aromatic rings. The molecule has 4 rings (SSSR count). The van der Waals surface area contributed by atoms with Crippen LogP contribution < -0.4 is 15.5 Å². The summed E-state index contributed by atoms with van der Waals surface area (Å²) in [5.74, 6) is -0.600. The van der Waals surface area contributed by atoms with E-state index >= 15 is 0 Å². The summed E-state index contributed by atoms with van der Waals surface area (Å²) < 4.78 is 16.8. The standard InChI is InChI=1S/C23H22FIN6O/c1-2-21(32)27-17-6-3-5-16(13-17)22-20(24)15-26-23(29-22)28-18-7-4-8-19(14-18)30-9-11-31(25)12-10-30/h2-8,13-15H,1,9-12H2,(H,27,32)(H,26,28,29). The van der Waals surface area contributed by atoms with Crippen LogP contribution in [0.2, 0.25) is 0 Å². The maximum atomic E-state index is 14.5. The minimum Gasteiger partial charge on any atom is -0.369 e. The van der Waals surface area contributed by atoms with Gasteiger partial charge in [-0.15, -0.1) is 0 Å². The number of aromatic nitrogens is 2. The number of amides is 1. The SMILES string of the molecule is C=CC(=O)Nc1cccc(-c2nc(Nc3cccc(N4CCN(I)CC4)c3)ncc2F)c1. The largest absolute Gasteiger partial charge is 0.369 e. The molecule has 1 amide bonds. The number of halogens is 2. The van der Waals surface area contributed by atoms with Gasteiger partial charge in [-0.25, -0.2) is 17.5 Å². The fraction of sp³-hybridized carbons (Fsp3) is 0.174. The molecular formula is C23H22FIN6O. The van der Waals surface area contributed by atoms with Gasteiger partial charge in [0.25, 0.3) is 0 Å². The summed E-state index contributed by atoms with van der Waals surface area (Å²) in [6, 6.07) is 14.8. The topological polar surface area (TPSA) is 73.4 Å². The Balaban J connectivity index is 1.55. The van der Waals surface area contributed by atoms with Crippen LogP contribution in [0.4, 0.5) is 27.4 Å². The van der Waals surface area contributed by atoms with Crippen LogP contribution in [-0.4, -0.2) is 45.2 Å². The number of piperazine rings is 1. The van der Waals surface area contributed by atoms with Gasteiger partial charge in [0.05, 0.1) is 6.20 Å². The van der Waals surface area contributed by atoms with Gasteiger partial charge in [0.1, 0.15) is 5.69 Å². The second-order valence-electron chi connectivity index (χ2n) is 7.24. The van der Waals surface area contributed by atoms with Crippen LogP contribution in [0.1, 0.15) is 0 Å². The first-order valence-electron chi connectivity index (χ1n) is 10.1. The molecule has 1 saturated heterocycles. The van der Waals surface area contributed by atoms with E-state index < -0.39 is 5.82 Å². The van der Waals surface area contributed by atoms with E-state index in [-0.39, 0.29) is 17.5 Å². The number of hydrogen-bond donors (Lipinski definition) is 2. The lowest BCUT2D eigenvalue weighted by atomic mass is 10.1. The first-order chi connectivity index (χ1) is 15.5. The predicted molar refractivity (Wildman–Crippen MR) is 134 cm³/mol. The van der Waals surface area contributed by atoms with Crippen LogP contribution in [0.3, 0.4) is 0 Å². The van der Waals surface area contributed by atoms with Gasteiger partial charge in [-0.3, -0.25) is 4.79 Å². The maximum absolute atomic E-state index is 14.5. The summed E-state index contributed by atoms with van der Waals surface area (Å²) in [6.07, 6.45) is 2.32. The molecule has 9 heteroatoms. The van der Waals surface area contributed by atoms with Gasteiger partial charge in [-0.2, -0.15) is 0 Å². The average Bonchev–Trinajstić information content (AvgIpc) is 2.81. The highest BCUT2D eigenvalue weighted by molar-refractivity contribution is 14.1. The molecule has 0 aliphatic carbocycles. The molecular weight excluding hydrogens is 522 g/mol. The summed E-state index contributed by atoms with van der Waals surface area (Å²) >= 11 is 2.35. The molecule has 1 aromatic heterocycles. The van der Waals surface area contributed by atoms with Crippen LogP contribution in [0, 0.1) is 5.82 Å². The lowest BCUT2D eigenvalue weighted by molar-refractivity contribution is -0.111. The maximum Gasteiger partial charge on any atom is 0.247 e. The van der Waals surface area contributed by atoms with E-state index in [1.165, 1.54) is 6.08 Å². The van der Waals surface area contributed by atoms with Crippen LogP contribution in [0.15, 0.2) is 67.4 Å². The van der Waals surface area contributed by atoms with Crippen LogP contribution in [-0.2, 0) is 4.79 Å². The van der Waals surface area contributed by atoms with E-state index in [0.717, 1.165) is 43.8 Å². The van der Waals surface area contributed by atoms with E-state index in [0.29, 0.717) is 11.3 Å². The molecule has 2 N–H and O–H groups in total. The molecule has 0 bridgehead atoms. The molecule has 2 heterocycles. The molecule has 0 atom stereocenters. The van der Waals surface area contributed by atoms with Crippen LogP contribution in [0.25, 0.3) is 11.3 Å². The molecule has 2 aromatic carbocycles. The first kappa shape index (κ1) is 22.2. The number of anilines is 4. The minimum absolute atomic E-state index is 0.145. The zero-order chi connectivity index (χ0) is 22.5. The number of carbonyl (C=O) groups is 1. The summed E-state index contributed by atoms with van der Waals surface area (Å²) in [5, 5.41) is 5.84. The fourth-order valence-corrected chi connectivity index (χ4v) is 3.85. The highest BCUT2D eigenvalue weighted by Crippen LogP contribution is 2.27. The molecule has 1 fully saturated rings. The fourth-order valence-electron chi connectivity index (χ4n) is 3.42. The van der Waals surface area contributed by atoms with E-state index in [1.54, 1.807) is 24.3 Å². The number of rotatable bonds is 6. The molecule has 32 heavy (non-hydrogen) atoms. The van der Waals surface area contributed by atoms with Crippen molar-refractivity contribution in [3.63, 3.8) is 0 Å². The quantitative estimate of drug-likeness (QED) is 0.268.